The molecule has 6 heteroatoms. The highest BCUT2D eigenvalue weighted by atomic mass is 16.6. The molecule has 0 aliphatic heterocycles. The van der Waals surface area contributed by atoms with Crippen molar-refractivity contribution < 1.29 is 19.1 Å². The van der Waals surface area contributed by atoms with Crippen LogP contribution in [-0.2, 0) is 9.53 Å². The first-order chi connectivity index (χ1) is 11.0. The van der Waals surface area contributed by atoms with Crippen molar-refractivity contribution in [3.05, 3.63) is 35.9 Å². The molecule has 0 aromatic heterocycles. The van der Waals surface area contributed by atoms with Gasteiger partial charge in [0, 0.05) is 18.5 Å². The Bertz CT molecular complexity index is 589. The summed E-state index contributed by atoms with van der Waals surface area (Å²) >= 11 is 0. The third-order valence-electron chi connectivity index (χ3n) is 3.08. The third kappa shape index (κ3) is 6.81. The summed E-state index contributed by atoms with van der Waals surface area (Å²) < 4.78 is 5.08. The molecule has 0 saturated heterocycles. The first kappa shape index (κ1) is 19.7. The van der Waals surface area contributed by atoms with Gasteiger partial charge in [0.25, 0.3) is 0 Å². The number of nitrogens with one attached hydrogen (secondary N) is 2. The predicted molar refractivity (Wildman–Crippen MR) is 91.8 cm³/mol. The van der Waals surface area contributed by atoms with Gasteiger partial charge in [-0.15, -0.1) is 0 Å². The molecule has 132 valence electrons. The molecule has 0 aliphatic carbocycles. The Balaban J connectivity index is 2.46. The SMILES string of the molecule is CC(C)(C)OC(=O)NCCC(=O)NC(C)(C)C(=O)c1ccccc1. The zero-order valence-corrected chi connectivity index (χ0v) is 14.9. The van der Waals surface area contributed by atoms with Crippen LogP contribution in [0.25, 0.3) is 0 Å². The number of alkyl carbamates (subject to hydrolysis) is 1. The molecule has 1 aromatic carbocycles. The lowest BCUT2D eigenvalue weighted by atomic mass is 9.93. The molecule has 2 N–H and O–H groups in total. The van der Waals surface area contributed by atoms with Crippen molar-refractivity contribution >= 4 is 17.8 Å². The van der Waals surface area contributed by atoms with E-state index < -0.39 is 17.2 Å². The van der Waals surface area contributed by atoms with Crippen LogP contribution in [-0.4, -0.2) is 35.5 Å². The van der Waals surface area contributed by atoms with Crippen molar-refractivity contribution in [1.82, 2.24) is 10.6 Å². The summed E-state index contributed by atoms with van der Waals surface area (Å²) in [5.41, 5.74) is -1.07. The van der Waals surface area contributed by atoms with Gasteiger partial charge in [-0.25, -0.2) is 4.79 Å². The Labute approximate surface area is 143 Å². The minimum atomic E-state index is -1.02. The van der Waals surface area contributed by atoms with Crippen LogP contribution in [0.3, 0.4) is 0 Å². The maximum Gasteiger partial charge on any atom is 0.407 e. The van der Waals surface area contributed by atoms with Gasteiger partial charge in [0.15, 0.2) is 5.78 Å². The van der Waals surface area contributed by atoms with Crippen LogP contribution in [0.4, 0.5) is 4.79 Å². The third-order valence-corrected chi connectivity index (χ3v) is 3.08. The molecule has 1 rings (SSSR count). The quantitative estimate of drug-likeness (QED) is 0.783. The van der Waals surface area contributed by atoms with Gasteiger partial charge in [-0.3, -0.25) is 9.59 Å². The lowest BCUT2D eigenvalue weighted by Gasteiger charge is -2.25. The van der Waals surface area contributed by atoms with E-state index in [1.54, 1.807) is 58.9 Å². The largest absolute Gasteiger partial charge is 0.444 e. The smallest absolute Gasteiger partial charge is 0.407 e. The second-order valence-corrected chi connectivity index (χ2v) is 7.05. The summed E-state index contributed by atoms with van der Waals surface area (Å²) in [5.74, 6) is -0.489. The van der Waals surface area contributed by atoms with E-state index in [1.165, 1.54) is 0 Å². The van der Waals surface area contributed by atoms with Crippen LogP contribution in [0.2, 0.25) is 0 Å². The lowest BCUT2D eigenvalue weighted by molar-refractivity contribution is -0.122. The molecule has 0 aliphatic rings. The molecule has 2 amide bonds. The van der Waals surface area contributed by atoms with E-state index in [1.807, 2.05) is 6.07 Å². The predicted octanol–water partition coefficient (Wildman–Crippen LogP) is 2.68. The molecule has 0 saturated carbocycles. The highest BCUT2D eigenvalue weighted by molar-refractivity contribution is 6.04. The minimum absolute atomic E-state index is 0.0603. The van der Waals surface area contributed by atoms with Crippen molar-refractivity contribution in [3.63, 3.8) is 0 Å². The maximum atomic E-state index is 12.4. The maximum absolute atomic E-state index is 12.4. The van der Waals surface area contributed by atoms with Crippen LogP contribution < -0.4 is 10.6 Å². The Morgan fingerprint density at radius 1 is 1.00 bits per heavy atom. The monoisotopic (exact) mass is 334 g/mol. The number of ketones is 1. The molecule has 0 fully saturated rings. The summed E-state index contributed by atoms with van der Waals surface area (Å²) in [7, 11) is 0. The molecule has 0 radical (unpaired) electrons. The summed E-state index contributed by atoms with van der Waals surface area (Å²) in [6, 6.07) is 8.79. The van der Waals surface area contributed by atoms with E-state index in [2.05, 4.69) is 10.6 Å². The van der Waals surface area contributed by atoms with Crippen molar-refractivity contribution in [3.8, 4) is 0 Å². The normalized spacial score (nSPS) is 11.5. The van der Waals surface area contributed by atoms with Gasteiger partial charge in [-0.2, -0.15) is 0 Å². The van der Waals surface area contributed by atoms with Crippen LogP contribution in [0.5, 0.6) is 0 Å². The fraction of sp³-hybridized carbons (Fsp3) is 0.500. The number of Topliss-reactive ketones (excluding diaryl/α,β-unsaturated/α-hetero) is 1. The van der Waals surface area contributed by atoms with Crippen molar-refractivity contribution in [2.75, 3.05) is 6.54 Å². The molecular formula is C18H26N2O4. The summed E-state index contributed by atoms with van der Waals surface area (Å²) in [4.78, 5) is 35.9. The van der Waals surface area contributed by atoms with Crippen LogP contribution in [0.1, 0.15) is 51.4 Å². The number of carbonyl (C=O) groups is 3. The summed E-state index contributed by atoms with van der Waals surface area (Å²) in [6.45, 7) is 8.73. The van der Waals surface area contributed by atoms with Gasteiger partial charge >= 0.3 is 6.09 Å². The molecule has 0 bridgehead atoms. The number of hydrogen-bond acceptors (Lipinski definition) is 4. The summed E-state index contributed by atoms with van der Waals surface area (Å²) in [6.07, 6.45) is -0.514. The average molecular weight is 334 g/mol. The highest BCUT2D eigenvalue weighted by Crippen LogP contribution is 2.13. The molecule has 0 unspecified atom stereocenters. The zero-order chi connectivity index (χ0) is 18.4. The standard InChI is InChI=1S/C18H26N2O4/c1-17(2,3)24-16(23)19-12-11-14(21)20-18(4,5)15(22)13-9-7-6-8-10-13/h6-10H,11-12H2,1-5H3,(H,19,23)(H,20,21). The van der Waals surface area contributed by atoms with Gasteiger partial charge in [0.05, 0.1) is 5.54 Å². The van der Waals surface area contributed by atoms with E-state index in [4.69, 9.17) is 4.74 Å². The van der Waals surface area contributed by atoms with E-state index >= 15 is 0 Å². The van der Waals surface area contributed by atoms with E-state index in [-0.39, 0.29) is 24.7 Å². The van der Waals surface area contributed by atoms with E-state index in [9.17, 15) is 14.4 Å². The molecular weight excluding hydrogens is 308 g/mol. The molecule has 0 atom stereocenters. The van der Waals surface area contributed by atoms with Gasteiger partial charge in [0.2, 0.25) is 5.91 Å². The fourth-order valence-corrected chi connectivity index (χ4v) is 2.01. The second kappa shape index (κ2) is 7.95. The Morgan fingerprint density at radius 3 is 2.12 bits per heavy atom. The molecule has 24 heavy (non-hydrogen) atoms. The lowest BCUT2D eigenvalue weighted by Crippen LogP contribution is -2.50. The van der Waals surface area contributed by atoms with Crippen molar-refractivity contribution in [2.24, 2.45) is 0 Å². The number of hydrogen-bond donors (Lipinski definition) is 2. The Kier molecular flexibility index (Phi) is 6.51. The van der Waals surface area contributed by atoms with Crippen LogP contribution in [0, 0.1) is 0 Å². The molecule has 0 heterocycles. The first-order valence-electron chi connectivity index (χ1n) is 7.89. The number of carbonyl (C=O) groups excluding carboxylic acids is 3. The van der Waals surface area contributed by atoms with Gasteiger partial charge in [0.1, 0.15) is 5.60 Å². The van der Waals surface area contributed by atoms with Crippen molar-refractivity contribution in [1.29, 1.82) is 0 Å². The second-order valence-electron chi connectivity index (χ2n) is 7.05. The number of benzene rings is 1. The van der Waals surface area contributed by atoms with E-state index in [0.29, 0.717) is 5.56 Å². The number of ether oxygens (including phenoxy) is 1. The highest BCUT2D eigenvalue weighted by Gasteiger charge is 2.30. The number of rotatable bonds is 6. The minimum Gasteiger partial charge on any atom is -0.444 e. The van der Waals surface area contributed by atoms with Gasteiger partial charge in [-0.1, -0.05) is 30.3 Å². The molecule has 1 aromatic rings. The molecule has 6 nitrogen and oxygen atoms in total. The number of amides is 2. The Morgan fingerprint density at radius 2 is 1.58 bits per heavy atom. The first-order valence-corrected chi connectivity index (χ1v) is 7.89. The van der Waals surface area contributed by atoms with Crippen molar-refractivity contribution in [2.45, 2.75) is 52.2 Å². The average Bonchev–Trinajstić information content (AvgIpc) is 2.44. The van der Waals surface area contributed by atoms with Crippen LogP contribution in [0.15, 0.2) is 30.3 Å². The Hall–Kier alpha value is -2.37. The van der Waals surface area contributed by atoms with Gasteiger partial charge < -0.3 is 15.4 Å². The zero-order valence-electron chi connectivity index (χ0n) is 14.9. The topological polar surface area (TPSA) is 84.5 Å². The fourth-order valence-electron chi connectivity index (χ4n) is 2.01. The summed E-state index contributed by atoms with van der Waals surface area (Å²) in [5, 5.41) is 5.21. The van der Waals surface area contributed by atoms with Crippen LogP contribution >= 0.6 is 0 Å². The van der Waals surface area contributed by atoms with Gasteiger partial charge in [-0.05, 0) is 34.6 Å². The molecule has 0 spiro atoms. The van der Waals surface area contributed by atoms with E-state index in [0.717, 1.165) is 0 Å².